The van der Waals surface area contributed by atoms with Crippen LogP contribution < -0.4 is 5.73 Å². The predicted octanol–water partition coefficient (Wildman–Crippen LogP) is 2.97. The third kappa shape index (κ3) is 6.64. The first kappa shape index (κ1) is 13.8. The van der Waals surface area contributed by atoms with Crippen LogP contribution in [0.3, 0.4) is 0 Å². The Bertz CT molecular complexity index is 68.0. The summed E-state index contributed by atoms with van der Waals surface area (Å²) in [6, 6.07) is 0.389. The van der Waals surface area contributed by atoms with E-state index in [1.807, 2.05) is 0 Å². The van der Waals surface area contributed by atoms with Crippen molar-refractivity contribution in [3.8, 4) is 0 Å². The molecule has 2 N–H and O–H groups in total. The van der Waals surface area contributed by atoms with Gasteiger partial charge in [-0.3, -0.25) is 0 Å². The van der Waals surface area contributed by atoms with Crippen molar-refractivity contribution in [3.05, 3.63) is 0 Å². The fourth-order valence-electron chi connectivity index (χ4n) is 1.41. The lowest BCUT2D eigenvalue weighted by Gasteiger charge is -2.18. The van der Waals surface area contributed by atoms with Gasteiger partial charge in [-0.2, -0.15) is 0 Å². The molecule has 0 aliphatic heterocycles. The SMILES string of the molecule is CCCC(CCC)[C@H](C)N.Cl. The van der Waals surface area contributed by atoms with Crippen molar-refractivity contribution in [2.75, 3.05) is 0 Å². The molecule has 0 aromatic rings. The normalized spacial score (nSPS) is 12.8. The molecule has 0 saturated carbocycles. The second-order valence-corrected chi connectivity index (χ2v) is 3.20. The minimum atomic E-state index is 0. The summed E-state index contributed by atoms with van der Waals surface area (Å²) in [5, 5.41) is 0. The molecule has 0 fully saturated rings. The maximum absolute atomic E-state index is 5.81. The fraction of sp³-hybridized carbons (Fsp3) is 1.00. The maximum Gasteiger partial charge on any atom is 0.00387 e. The van der Waals surface area contributed by atoms with Gasteiger partial charge in [-0.25, -0.2) is 0 Å². The van der Waals surface area contributed by atoms with E-state index < -0.39 is 0 Å². The molecule has 0 spiro atoms. The van der Waals surface area contributed by atoms with Gasteiger partial charge in [-0.05, 0) is 25.7 Å². The monoisotopic (exact) mass is 179 g/mol. The average Bonchev–Trinajstić information content (AvgIpc) is 1.87. The molecule has 0 unspecified atom stereocenters. The van der Waals surface area contributed by atoms with E-state index in [4.69, 9.17) is 5.73 Å². The first-order chi connectivity index (χ1) is 4.72. The maximum atomic E-state index is 5.81. The molecule has 0 bridgehead atoms. The molecule has 1 nitrogen and oxygen atoms in total. The molecular weight excluding hydrogens is 158 g/mol. The van der Waals surface area contributed by atoms with E-state index >= 15 is 0 Å². The summed E-state index contributed by atoms with van der Waals surface area (Å²) in [6.07, 6.45) is 5.13. The lowest BCUT2D eigenvalue weighted by Crippen LogP contribution is -2.26. The Hall–Kier alpha value is 0.250. The lowest BCUT2D eigenvalue weighted by atomic mass is 9.92. The molecule has 0 radical (unpaired) electrons. The summed E-state index contributed by atoms with van der Waals surface area (Å²) in [7, 11) is 0. The van der Waals surface area contributed by atoms with E-state index in [2.05, 4.69) is 20.8 Å². The van der Waals surface area contributed by atoms with Gasteiger partial charge in [-0.15, -0.1) is 12.4 Å². The molecule has 1 atom stereocenters. The molecule has 70 valence electrons. The second kappa shape index (κ2) is 8.35. The highest BCUT2D eigenvalue weighted by molar-refractivity contribution is 5.85. The first-order valence-corrected chi connectivity index (χ1v) is 4.47. The van der Waals surface area contributed by atoms with Crippen molar-refractivity contribution in [3.63, 3.8) is 0 Å². The molecule has 0 rings (SSSR count). The Kier molecular flexibility index (Phi) is 10.5. The molecule has 11 heavy (non-hydrogen) atoms. The highest BCUT2D eigenvalue weighted by atomic mass is 35.5. The summed E-state index contributed by atoms with van der Waals surface area (Å²) in [6.45, 7) is 6.58. The van der Waals surface area contributed by atoms with E-state index in [9.17, 15) is 0 Å². The third-order valence-corrected chi connectivity index (χ3v) is 2.06. The van der Waals surface area contributed by atoms with E-state index in [0.717, 1.165) is 5.92 Å². The molecule has 0 aliphatic carbocycles. The van der Waals surface area contributed by atoms with Gasteiger partial charge in [0.05, 0.1) is 0 Å². The van der Waals surface area contributed by atoms with Gasteiger partial charge < -0.3 is 5.73 Å². The number of halogens is 1. The van der Waals surface area contributed by atoms with Crippen molar-refractivity contribution in [2.45, 2.75) is 52.5 Å². The average molecular weight is 180 g/mol. The van der Waals surface area contributed by atoms with Gasteiger partial charge >= 0.3 is 0 Å². The summed E-state index contributed by atoms with van der Waals surface area (Å²) < 4.78 is 0. The van der Waals surface area contributed by atoms with Crippen LogP contribution in [0.25, 0.3) is 0 Å². The molecule has 0 aliphatic rings. The van der Waals surface area contributed by atoms with Crippen molar-refractivity contribution in [2.24, 2.45) is 11.7 Å². The summed E-state index contributed by atoms with van der Waals surface area (Å²) in [5.74, 6) is 0.759. The zero-order chi connectivity index (χ0) is 7.98. The summed E-state index contributed by atoms with van der Waals surface area (Å²) in [5.41, 5.74) is 5.81. The molecule has 0 amide bonds. The standard InChI is InChI=1S/C9H21N.ClH/c1-4-6-9(7-5-2)8(3)10;/h8-9H,4-7,10H2,1-3H3;1H/t8-;/m0./s1. The molecule has 0 aromatic carbocycles. The van der Waals surface area contributed by atoms with Crippen LogP contribution in [0.15, 0.2) is 0 Å². The van der Waals surface area contributed by atoms with Crippen LogP contribution in [0.1, 0.15) is 46.5 Å². The Morgan fingerprint density at radius 3 is 1.64 bits per heavy atom. The van der Waals surface area contributed by atoms with E-state index in [1.54, 1.807) is 0 Å². The van der Waals surface area contributed by atoms with E-state index in [1.165, 1.54) is 25.7 Å². The molecule has 0 saturated heterocycles. The molecule has 0 aromatic heterocycles. The van der Waals surface area contributed by atoms with Crippen LogP contribution in [0.5, 0.6) is 0 Å². The number of hydrogen-bond donors (Lipinski definition) is 1. The minimum absolute atomic E-state index is 0. The third-order valence-electron chi connectivity index (χ3n) is 2.06. The summed E-state index contributed by atoms with van der Waals surface area (Å²) in [4.78, 5) is 0. The largest absolute Gasteiger partial charge is 0.328 e. The minimum Gasteiger partial charge on any atom is -0.328 e. The van der Waals surface area contributed by atoms with Gasteiger partial charge in [0.1, 0.15) is 0 Å². The van der Waals surface area contributed by atoms with Crippen LogP contribution in [-0.4, -0.2) is 6.04 Å². The van der Waals surface area contributed by atoms with Crippen molar-refractivity contribution < 1.29 is 0 Å². The van der Waals surface area contributed by atoms with Crippen molar-refractivity contribution >= 4 is 12.4 Å². The predicted molar refractivity (Wildman–Crippen MR) is 54.2 cm³/mol. The Balaban J connectivity index is 0. The molecular formula is C9H22ClN. The van der Waals surface area contributed by atoms with Gasteiger partial charge in [0.25, 0.3) is 0 Å². The van der Waals surface area contributed by atoms with Gasteiger partial charge in [0.15, 0.2) is 0 Å². The number of nitrogens with two attached hydrogens (primary N) is 1. The van der Waals surface area contributed by atoms with Crippen molar-refractivity contribution in [1.29, 1.82) is 0 Å². The summed E-state index contributed by atoms with van der Waals surface area (Å²) >= 11 is 0. The zero-order valence-electron chi connectivity index (χ0n) is 7.97. The van der Waals surface area contributed by atoms with E-state index in [0.29, 0.717) is 6.04 Å². The zero-order valence-corrected chi connectivity index (χ0v) is 8.79. The lowest BCUT2D eigenvalue weighted by molar-refractivity contribution is 0.379. The van der Waals surface area contributed by atoms with Gasteiger partial charge in [-0.1, -0.05) is 26.7 Å². The molecule has 0 heterocycles. The molecule has 2 heteroatoms. The van der Waals surface area contributed by atoms with Crippen LogP contribution >= 0.6 is 12.4 Å². The Labute approximate surface area is 77.2 Å². The second-order valence-electron chi connectivity index (χ2n) is 3.20. The highest BCUT2D eigenvalue weighted by Gasteiger charge is 2.10. The van der Waals surface area contributed by atoms with Crippen LogP contribution in [0.2, 0.25) is 0 Å². The Morgan fingerprint density at radius 1 is 1.09 bits per heavy atom. The smallest absolute Gasteiger partial charge is 0.00387 e. The highest BCUT2D eigenvalue weighted by Crippen LogP contribution is 2.15. The van der Waals surface area contributed by atoms with Gasteiger partial charge in [0, 0.05) is 6.04 Å². The van der Waals surface area contributed by atoms with Crippen LogP contribution in [-0.2, 0) is 0 Å². The van der Waals surface area contributed by atoms with Gasteiger partial charge in [0.2, 0.25) is 0 Å². The van der Waals surface area contributed by atoms with Crippen LogP contribution in [0.4, 0.5) is 0 Å². The number of rotatable bonds is 5. The first-order valence-electron chi connectivity index (χ1n) is 4.47. The fourth-order valence-corrected chi connectivity index (χ4v) is 1.41. The van der Waals surface area contributed by atoms with Crippen molar-refractivity contribution in [1.82, 2.24) is 0 Å². The quantitative estimate of drug-likeness (QED) is 0.690. The van der Waals surface area contributed by atoms with E-state index in [-0.39, 0.29) is 12.4 Å². The van der Waals surface area contributed by atoms with Crippen LogP contribution in [0, 0.1) is 5.92 Å². The topological polar surface area (TPSA) is 26.0 Å². The number of hydrogen-bond acceptors (Lipinski definition) is 1. The Morgan fingerprint density at radius 2 is 1.45 bits per heavy atom.